The molecule has 0 aliphatic heterocycles. The van der Waals surface area contributed by atoms with Crippen LogP contribution in [0.1, 0.15) is 33.4 Å². The Hall–Kier alpha value is -2.11. The van der Waals surface area contributed by atoms with Crippen molar-refractivity contribution in [3.63, 3.8) is 0 Å². The van der Waals surface area contributed by atoms with Gasteiger partial charge in [-0.2, -0.15) is 0 Å². The summed E-state index contributed by atoms with van der Waals surface area (Å²) in [4.78, 5) is 27.0. The third-order valence-corrected chi connectivity index (χ3v) is 2.09. The zero-order valence-electron chi connectivity index (χ0n) is 12.2. The van der Waals surface area contributed by atoms with Gasteiger partial charge in [0.25, 0.3) is 0 Å². The second-order valence-electron chi connectivity index (χ2n) is 5.14. The molecule has 1 heterocycles. The fourth-order valence-corrected chi connectivity index (χ4v) is 1.43. The highest BCUT2D eigenvalue weighted by Gasteiger charge is 2.16. The van der Waals surface area contributed by atoms with E-state index < -0.39 is 11.7 Å². The maximum Gasteiger partial charge on any atom is 0.412 e. The van der Waals surface area contributed by atoms with Crippen LogP contribution in [0.3, 0.4) is 0 Å². The zero-order chi connectivity index (χ0) is 15.2. The Morgan fingerprint density at radius 1 is 1.35 bits per heavy atom. The third kappa shape index (κ3) is 6.17. The van der Waals surface area contributed by atoms with Crippen molar-refractivity contribution < 1.29 is 19.1 Å². The molecular formula is C14H20N2O4. The Bertz CT molecular complexity index is 480. The summed E-state index contributed by atoms with van der Waals surface area (Å²) in [7, 11) is 0. The van der Waals surface area contributed by atoms with E-state index in [-0.39, 0.29) is 12.4 Å². The molecule has 1 aromatic heterocycles. The smallest absolute Gasteiger partial charge is 0.412 e. The number of hydrogen-bond acceptors (Lipinski definition) is 5. The van der Waals surface area contributed by atoms with Crippen molar-refractivity contribution >= 4 is 17.7 Å². The van der Waals surface area contributed by atoms with Crippen LogP contribution in [0.15, 0.2) is 18.3 Å². The molecular weight excluding hydrogens is 260 g/mol. The van der Waals surface area contributed by atoms with Crippen molar-refractivity contribution in [2.45, 2.75) is 39.7 Å². The minimum Gasteiger partial charge on any atom is -0.466 e. The van der Waals surface area contributed by atoms with Gasteiger partial charge in [0.2, 0.25) is 0 Å². The number of nitrogens with zero attached hydrogens (tertiary/aromatic N) is 1. The summed E-state index contributed by atoms with van der Waals surface area (Å²) in [6.45, 7) is 7.42. The molecule has 6 nitrogen and oxygen atoms in total. The van der Waals surface area contributed by atoms with E-state index >= 15 is 0 Å². The molecule has 0 saturated heterocycles. The van der Waals surface area contributed by atoms with E-state index in [1.165, 1.54) is 6.20 Å². The number of nitrogens with one attached hydrogen (secondary N) is 1. The van der Waals surface area contributed by atoms with Crippen LogP contribution in [-0.4, -0.2) is 29.3 Å². The molecule has 1 aromatic rings. The molecule has 0 unspecified atom stereocenters. The molecule has 0 bridgehead atoms. The van der Waals surface area contributed by atoms with Crippen LogP contribution < -0.4 is 5.32 Å². The van der Waals surface area contributed by atoms with Crippen molar-refractivity contribution in [3.8, 4) is 0 Å². The quantitative estimate of drug-likeness (QED) is 0.857. The Kier molecular flexibility index (Phi) is 5.49. The second kappa shape index (κ2) is 6.88. The van der Waals surface area contributed by atoms with Crippen LogP contribution in [0, 0.1) is 0 Å². The van der Waals surface area contributed by atoms with E-state index in [1.54, 1.807) is 39.8 Å². The van der Waals surface area contributed by atoms with Crippen molar-refractivity contribution in [3.05, 3.63) is 24.0 Å². The number of carbonyl (C=O) groups excluding carboxylic acids is 2. The highest BCUT2D eigenvalue weighted by molar-refractivity contribution is 5.85. The molecule has 6 heteroatoms. The lowest BCUT2D eigenvalue weighted by molar-refractivity contribution is -0.142. The Labute approximate surface area is 118 Å². The predicted octanol–water partition coefficient (Wildman–Crippen LogP) is 2.53. The third-order valence-electron chi connectivity index (χ3n) is 2.09. The second-order valence-corrected chi connectivity index (χ2v) is 5.14. The van der Waals surface area contributed by atoms with Crippen molar-refractivity contribution in [1.82, 2.24) is 4.98 Å². The molecule has 1 rings (SSSR count). The van der Waals surface area contributed by atoms with Crippen LogP contribution in [0.25, 0.3) is 0 Å². The maximum atomic E-state index is 11.6. The molecule has 0 saturated carbocycles. The van der Waals surface area contributed by atoms with Crippen LogP contribution in [0.2, 0.25) is 0 Å². The van der Waals surface area contributed by atoms with Gasteiger partial charge in [0, 0.05) is 11.9 Å². The summed E-state index contributed by atoms with van der Waals surface area (Å²) in [5, 5.41) is 2.59. The Balaban J connectivity index is 2.64. The van der Waals surface area contributed by atoms with Crippen molar-refractivity contribution in [1.29, 1.82) is 0 Å². The first kappa shape index (κ1) is 15.9. The Morgan fingerprint density at radius 2 is 2.05 bits per heavy atom. The summed E-state index contributed by atoms with van der Waals surface area (Å²) in [6.07, 6.45) is 1.03. The standard InChI is InChI=1S/C14H20N2O4/c1-5-19-12(17)9-11-8-10(6-7-15-11)16-13(18)20-14(2,3)4/h6-8H,5,9H2,1-4H3,(H,15,16,18). The van der Waals surface area contributed by atoms with Gasteiger partial charge in [0.05, 0.1) is 18.7 Å². The van der Waals surface area contributed by atoms with Gasteiger partial charge in [0.1, 0.15) is 5.60 Å². The van der Waals surface area contributed by atoms with E-state index in [0.717, 1.165) is 0 Å². The number of pyridine rings is 1. The van der Waals surface area contributed by atoms with Crippen LogP contribution in [0.5, 0.6) is 0 Å². The van der Waals surface area contributed by atoms with Gasteiger partial charge >= 0.3 is 12.1 Å². The molecule has 0 aromatic carbocycles. The molecule has 0 spiro atoms. The predicted molar refractivity (Wildman–Crippen MR) is 74.4 cm³/mol. The zero-order valence-corrected chi connectivity index (χ0v) is 12.2. The summed E-state index contributed by atoms with van der Waals surface area (Å²) >= 11 is 0. The molecule has 0 atom stereocenters. The van der Waals surface area contributed by atoms with Gasteiger partial charge in [-0.25, -0.2) is 4.79 Å². The first-order valence-electron chi connectivity index (χ1n) is 6.40. The van der Waals surface area contributed by atoms with Gasteiger partial charge in [-0.15, -0.1) is 0 Å². The van der Waals surface area contributed by atoms with Gasteiger partial charge in [0.15, 0.2) is 0 Å². The summed E-state index contributed by atoms with van der Waals surface area (Å²) in [6, 6.07) is 3.24. The van der Waals surface area contributed by atoms with Gasteiger partial charge in [-0.05, 0) is 39.8 Å². The van der Waals surface area contributed by atoms with Crippen molar-refractivity contribution in [2.24, 2.45) is 0 Å². The number of aromatic nitrogens is 1. The monoisotopic (exact) mass is 280 g/mol. The number of hydrogen-bond donors (Lipinski definition) is 1. The maximum absolute atomic E-state index is 11.6. The molecule has 110 valence electrons. The SMILES string of the molecule is CCOC(=O)Cc1cc(NC(=O)OC(C)(C)C)ccn1. The number of carbonyl (C=O) groups is 2. The number of esters is 1. The molecule has 20 heavy (non-hydrogen) atoms. The van der Waals surface area contributed by atoms with Crippen molar-refractivity contribution in [2.75, 3.05) is 11.9 Å². The lowest BCUT2D eigenvalue weighted by Gasteiger charge is -2.19. The Morgan fingerprint density at radius 3 is 2.65 bits per heavy atom. The number of ether oxygens (including phenoxy) is 2. The van der Waals surface area contributed by atoms with E-state index in [4.69, 9.17) is 9.47 Å². The average Bonchev–Trinajstić information content (AvgIpc) is 2.26. The molecule has 0 fully saturated rings. The minimum absolute atomic E-state index is 0.0671. The topological polar surface area (TPSA) is 77.5 Å². The highest BCUT2D eigenvalue weighted by atomic mass is 16.6. The van der Waals surface area contributed by atoms with Gasteiger partial charge in [-0.1, -0.05) is 0 Å². The van der Waals surface area contributed by atoms with Crippen LogP contribution >= 0.6 is 0 Å². The molecule has 0 radical (unpaired) electrons. The normalized spacial score (nSPS) is 10.8. The summed E-state index contributed by atoms with van der Waals surface area (Å²) in [5.74, 6) is -0.352. The highest BCUT2D eigenvalue weighted by Crippen LogP contribution is 2.12. The van der Waals surface area contributed by atoms with E-state index in [9.17, 15) is 9.59 Å². The number of anilines is 1. The minimum atomic E-state index is -0.565. The van der Waals surface area contributed by atoms with Gasteiger partial charge in [-0.3, -0.25) is 15.1 Å². The fourth-order valence-electron chi connectivity index (χ4n) is 1.43. The fraction of sp³-hybridized carbons (Fsp3) is 0.500. The summed E-state index contributed by atoms with van der Waals surface area (Å²) in [5.41, 5.74) is 0.482. The van der Waals surface area contributed by atoms with Gasteiger partial charge < -0.3 is 9.47 Å². The lowest BCUT2D eigenvalue weighted by Crippen LogP contribution is -2.27. The van der Waals surface area contributed by atoms with E-state index in [1.807, 2.05) is 0 Å². The summed E-state index contributed by atoms with van der Waals surface area (Å²) < 4.78 is 9.98. The van der Waals surface area contributed by atoms with Crippen LogP contribution in [0.4, 0.5) is 10.5 Å². The molecule has 0 aliphatic carbocycles. The first-order valence-corrected chi connectivity index (χ1v) is 6.40. The largest absolute Gasteiger partial charge is 0.466 e. The number of rotatable bonds is 4. The average molecular weight is 280 g/mol. The van der Waals surface area contributed by atoms with Crippen LogP contribution in [-0.2, 0) is 20.7 Å². The van der Waals surface area contributed by atoms with E-state index in [0.29, 0.717) is 18.0 Å². The molecule has 1 amide bonds. The molecule has 0 aliphatic rings. The lowest BCUT2D eigenvalue weighted by atomic mass is 10.2. The molecule has 1 N–H and O–H groups in total. The van der Waals surface area contributed by atoms with E-state index in [2.05, 4.69) is 10.3 Å². The number of amides is 1. The first-order chi connectivity index (χ1) is 9.30.